The fourth-order valence-corrected chi connectivity index (χ4v) is 2.13. The van der Waals surface area contributed by atoms with Gasteiger partial charge in [0, 0.05) is 5.56 Å². The fraction of sp³-hybridized carbons (Fsp3) is 0.400. The number of rotatable bonds is 4. The molecule has 0 fully saturated rings. The molecule has 0 atom stereocenters. The molecular weight excluding hydrogens is 349 g/mol. The van der Waals surface area contributed by atoms with E-state index in [-0.39, 0.29) is 11.1 Å². The molecule has 0 aliphatic rings. The third kappa shape index (κ3) is 4.28. The number of hydrogen-bond donors (Lipinski definition) is 0. The molecule has 5 nitrogen and oxygen atoms in total. The second-order valence-corrected chi connectivity index (χ2v) is 7.45. The molecule has 0 saturated carbocycles. The minimum Gasteiger partial charge on any atom is -0.465 e. The minimum atomic E-state index is -5.85. The summed E-state index contributed by atoms with van der Waals surface area (Å²) in [6.07, 6.45) is 0. The van der Waals surface area contributed by atoms with Gasteiger partial charge in [0.05, 0.1) is 12.7 Å². The summed E-state index contributed by atoms with van der Waals surface area (Å²) in [7, 11) is -4.71. The molecule has 24 heavy (non-hydrogen) atoms. The third-order valence-electron chi connectivity index (χ3n) is 3.11. The van der Waals surface area contributed by atoms with Crippen molar-refractivity contribution in [1.29, 1.82) is 0 Å². The van der Waals surface area contributed by atoms with Crippen LogP contribution in [0.5, 0.6) is 5.75 Å². The lowest BCUT2D eigenvalue weighted by Crippen LogP contribution is -2.28. The van der Waals surface area contributed by atoms with Gasteiger partial charge in [-0.15, -0.1) is 0 Å². The van der Waals surface area contributed by atoms with Crippen LogP contribution in [0.4, 0.5) is 13.2 Å². The van der Waals surface area contributed by atoms with Gasteiger partial charge in [0.15, 0.2) is 0 Å². The summed E-state index contributed by atoms with van der Waals surface area (Å²) < 4.78 is 68.9. The molecule has 0 spiro atoms. The summed E-state index contributed by atoms with van der Waals surface area (Å²) in [5.41, 5.74) is -5.91. The van der Waals surface area contributed by atoms with Crippen LogP contribution in [-0.4, -0.2) is 27.0 Å². The van der Waals surface area contributed by atoms with E-state index in [0.717, 1.165) is 19.2 Å². The lowest BCUT2D eigenvalue weighted by Gasteiger charge is -2.24. The average Bonchev–Trinajstić information content (AvgIpc) is 2.43. The molecule has 1 aromatic rings. The van der Waals surface area contributed by atoms with E-state index in [9.17, 15) is 26.4 Å². The monoisotopic (exact) mass is 366 g/mol. The van der Waals surface area contributed by atoms with Crippen LogP contribution in [0.25, 0.3) is 5.57 Å². The van der Waals surface area contributed by atoms with Crippen molar-refractivity contribution in [3.8, 4) is 5.75 Å². The molecule has 0 N–H and O–H groups in total. The van der Waals surface area contributed by atoms with Crippen LogP contribution in [0.2, 0.25) is 0 Å². The number of allylic oxidation sites excluding steroid dienone is 1. The molecule has 0 aliphatic heterocycles. The van der Waals surface area contributed by atoms with Gasteiger partial charge in [-0.3, -0.25) is 0 Å². The third-order valence-corrected chi connectivity index (χ3v) is 4.08. The number of benzene rings is 1. The minimum absolute atomic E-state index is 0.0228. The molecule has 0 bridgehead atoms. The Bertz CT molecular complexity index is 758. The Morgan fingerprint density at radius 1 is 1.17 bits per heavy atom. The van der Waals surface area contributed by atoms with Crippen LogP contribution in [0, 0.1) is 5.41 Å². The van der Waals surface area contributed by atoms with Gasteiger partial charge >= 0.3 is 21.6 Å². The highest BCUT2D eigenvalue weighted by Gasteiger charge is 2.49. The predicted molar refractivity (Wildman–Crippen MR) is 81.9 cm³/mol. The van der Waals surface area contributed by atoms with Crippen LogP contribution in [0.15, 0.2) is 24.8 Å². The van der Waals surface area contributed by atoms with Crippen molar-refractivity contribution in [3.05, 3.63) is 35.9 Å². The maximum Gasteiger partial charge on any atom is 0.534 e. The van der Waals surface area contributed by atoms with Gasteiger partial charge in [-0.05, 0) is 29.2 Å². The highest BCUT2D eigenvalue weighted by molar-refractivity contribution is 7.88. The molecule has 9 heteroatoms. The molecule has 1 rings (SSSR count). The molecular formula is C15H17F3O5S. The first-order valence-corrected chi connectivity index (χ1v) is 8.04. The quantitative estimate of drug-likeness (QED) is 0.461. The number of halogens is 3. The van der Waals surface area contributed by atoms with E-state index < -0.39 is 32.8 Å². The second kappa shape index (κ2) is 6.46. The van der Waals surface area contributed by atoms with Crippen LogP contribution >= 0.6 is 0 Å². The number of ether oxygens (including phenoxy) is 1. The zero-order valence-electron chi connectivity index (χ0n) is 13.5. The Morgan fingerprint density at radius 3 is 2.12 bits per heavy atom. The Kier molecular flexibility index (Phi) is 5.39. The van der Waals surface area contributed by atoms with Crippen molar-refractivity contribution in [1.82, 2.24) is 0 Å². The highest BCUT2D eigenvalue weighted by Crippen LogP contribution is 2.39. The predicted octanol–water partition coefficient (Wildman–Crippen LogP) is 3.76. The van der Waals surface area contributed by atoms with Crippen LogP contribution in [0.3, 0.4) is 0 Å². The Morgan fingerprint density at radius 2 is 1.71 bits per heavy atom. The maximum absolute atomic E-state index is 12.5. The van der Waals surface area contributed by atoms with Gasteiger partial charge in [0.25, 0.3) is 0 Å². The molecule has 0 saturated heterocycles. The SMILES string of the molecule is C=C(c1cc(C(=O)OC)ccc1OS(=O)(=O)C(F)(F)F)C(C)(C)C. The molecule has 0 aliphatic carbocycles. The van der Waals surface area contributed by atoms with Crippen molar-refractivity contribution in [2.45, 2.75) is 26.3 Å². The molecule has 0 radical (unpaired) electrons. The first kappa shape index (κ1) is 20.0. The van der Waals surface area contributed by atoms with E-state index in [1.807, 2.05) is 0 Å². The summed E-state index contributed by atoms with van der Waals surface area (Å²) in [6.45, 7) is 8.94. The van der Waals surface area contributed by atoms with Gasteiger partial charge in [-0.1, -0.05) is 27.4 Å². The standard InChI is InChI=1S/C15H17F3O5S/c1-9(14(2,3)4)11-8-10(13(19)22-5)6-7-12(11)23-24(20,21)15(16,17)18/h6-8H,1H2,2-5H3. The van der Waals surface area contributed by atoms with Gasteiger partial charge in [-0.25, -0.2) is 4.79 Å². The van der Waals surface area contributed by atoms with Crippen LogP contribution in [-0.2, 0) is 14.9 Å². The number of alkyl halides is 3. The molecule has 0 amide bonds. The molecule has 134 valence electrons. The topological polar surface area (TPSA) is 69.7 Å². The van der Waals surface area contributed by atoms with E-state index in [0.29, 0.717) is 5.57 Å². The van der Waals surface area contributed by atoms with E-state index in [1.54, 1.807) is 20.8 Å². The van der Waals surface area contributed by atoms with E-state index in [1.165, 1.54) is 6.07 Å². The Hall–Kier alpha value is -2.03. The van der Waals surface area contributed by atoms with Gasteiger partial charge < -0.3 is 8.92 Å². The summed E-state index contributed by atoms with van der Waals surface area (Å²) >= 11 is 0. The van der Waals surface area contributed by atoms with Gasteiger partial charge in [0.2, 0.25) is 0 Å². The zero-order chi connectivity index (χ0) is 18.9. The number of hydrogen-bond acceptors (Lipinski definition) is 5. The summed E-state index contributed by atoms with van der Waals surface area (Å²) in [5, 5.41) is 0. The second-order valence-electron chi connectivity index (χ2n) is 5.91. The van der Waals surface area contributed by atoms with E-state index in [2.05, 4.69) is 15.5 Å². The Labute approximate surface area is 138 Å². The normalized spacial score (nSPS) is 12.6. The number of methoxy groups -OCH3 is 1. The average molecular weight is 366 g/mol. The van der Waals surface area contributed by atoms with E-state index in [4.69, 9.17) is 0 Å². The molecule has 0 heterocycles. The van der Waals surface area contributed by atoms with Gasteiger partial charge in [0.1, 0.15) is 5.75 Å². The van der Waals surface area contributed by atoms with Gasteiger partial charge in [-0.2, -0.15) is 21.6 Å². The first-order chi connectivity index (χ1) is 10.7. The summed E-state index contributed by atoms with van der Waals surface area (Å²) in [4.78, 5) is 11.6. The largest absolute Gasteiger partial charge is 0.534 e. The maximum atomic E-state index is 12.5. The highest BCUT2D eigenvalue weighted by atomic mass is 32.2. The number of carbonyl (C=O) groups excluding carboxylic acids is 1. The summed E-state index contributed by atoms with van der Waals surface area (Å²) in [5.74, 6) is -1.30. The van der Waals surface area contributed by atoms with Crippen molar-refractivity contribution in [2.24, 2.45) is 5.41 Å². The van der Waals surface area contributed by atoms with E-state index >= 15 is 0 Å². The van der Waals surface area contributed by atoms with Crippen molar-refractivity contribution < 1.29 is 35.3 Å². The fourth-order valence-electron chi connectivity index (χ4n) is 1.65. The van der Waals surface area contributed by atoms with Crippen LogP contribution in [0.1, 0.15) is 36.7 Å². The number of esters is 1. The Balaban J connectivity index is 3.50. The van der Waals surface area contributed by atoms with Crippen molar-refractivity contribution >= 4 is 21.7 Å². The molecule has 0 unspecified atom stereocenters. The summed E-state index contributed by atoms with van der Waals surface area (Å²) in [6, 6.07) is 3.24. The first-order valence-electron chi connectivity index (χ1n) is 6.63. The zero-order valence-corrected chi connectivity index (χ0v) is 14.3. The number of carbonyl (C=O) groups is 1. The molecule has 1 aromatic carbocycles. The van der Waals surface area contributed by atoms with Crippen LogP contribution < -0.4 is 4.18 Å². The smallest absolute Gasteiger partial charge is 0.465 e. The van der Waals surface area contributed by atoms with Crippen molar-refractivity contribution in [3.63, 3.8) is 0 Å². The van der Waals surface area contributed by atoms with Crippen molar-refractivity contribution in [2.75, 3.05) is 7.11 Å². The molecule has 0 aromatic heterocycles. The lowest BCUT2D eigenvalue weighted by molar-refractivity contribution is -0.0500. The lowest BCUT2D eigenvalue weighted by atomic mass is 9.82.